The van der Waals surface area contributed by atoms with E-state index < -0.39 is 22.9 Å². The number of para-hydroxylation sites is 1. The molecule has 1 N–H and O–H groups in total. The van der Waals surface area contributed by atoms with Crippen LogP contribution in [0.4, 0.5) is 11.4 Å². The zero-order chi connectivity index (χ0) is 20.0. The average Bonchev–Trinajstić information content (AvgIpc) is 2.67. The number of nitro benzene ring substituents is 1. The number of amides is 1. The number of non-ortho nitro benzene ring substituents is 1. The maximum atomic E-state index is 12.4. The Kier molecular flexibility index (Phi) is 6.65. The van der Waals surface area contributed by atoms with Crippen LogP contribution in [-0.2, 0) is 9.53 Å². The molecule has 0 aliphatic rings. The molecule has 0 unspecified atom stereocenters. The van der Waals surface area contributed by atoms with Crippen LogP contribution in [0.5, 0.6) is 0 Å². The van der Waals surface area contributed by atoms with Gasteiger partial charge in [-0.1, -0.05) is 32.0 Å². The smallest absolute Gasteiger partial charge is 0.338 e. The Balaban J connectivity index is 2.03. The van der Waals surface area contributed by atoms with Gasteiger partial charge in [-0.15, -0.1) is 0 Å². The Hall–Kier alpha value is -3.22. The molecule has 0 radical (unpaired) electrons. The summed E-state index contributed by atoms with van der Waals surface area (Å²) in [6.07, 6.45) is -0.0879. The van der Waals surface area contributed by atoms with Gasteiger partial charge in [-0.05, 0) is 43.0 Å². The van der Waals surface area contributed by atoms with Crippen molar-refractivity contribution in [3.8, 4) is 0 Å². The van der Waals surface area contributed by atoms with E-state index in [1.165, 1.54) is 31.2 Å². The highest BCUT2D eigenvalue weighted by atomic mass is 16.6. The fourth-order valence-corrected chi connectivity index (χ4v) is 2.50. The first-order valence-corrected chi connectivity index (χ1v) is 8.68. The van der Waals surface area contributed by atoms with Gasteiger partial charge in [0.1, 0.15) is 0 Å². The lowest BCUT2D eigenvalue weighted by atomic mass is 9.97. The van der Waals surface area contributed by atoms with Gasteiger partial charge in [0.05, 0.1) is 10.5 Å². The van der Waals surface area contributed by atoms with Crippen LogP contribution < -0.4 is 5.32 Å². The van der Waals surface area contributed by atoms with Crippen molar-refractivity contribution in [2.24, 2.45) is 0 Å². The van der Waals surface area contributed by atoms with Crippen LogP contribution in [0.2, 0.25) is 0 Å². The topological polar surface area (TPSA) is 98.5 Å². The summed E-state index contributed by atoms with van der Waals surface area (Å²) in [6, 6.07) is 12.5. The lowest BCUT2D eigenvalue weighted by Crippen LogP contribution is -2.30. The van der Waals surface area contributed by atoms with E-state index in [0.29, 0.717) is 5.69 Å². The summed E-state index contributed by atoms with van der Waals surface area (Å²) in [5, 5.41) is 13.5. The SMILES string of the molecule is CC[C@H](C)c1ccccc1NC(=O)[C@H](C)OC(=O)c1ccc([N+](=O)[O-])cc1. The monoisotopic (exact) mass is 370 g/mol. The van der Waals surface area contributed by atoms with Crippen molar-refractivity contribution in [2.75, 3.05) is 5.32 Å². The number of nitro groups is 1. The average molecular weight is 370 g/mol. The molecular weight excluding hydrogens is 348 g/mol. The van der Waals surface area contributed by atoms with E-state index in [1.54, 1.807) is 0 Å². The maximum absolute atomic E-state index is 12.4. The number of rotatable bonds is 7. The van der Waals surface area contributed by atoms with E-state index in [4.69, 9.17) is 4.74 Å². The molecular formula is C20H22N2O5. The Bertz CT molecular complexity index is 833. The van der Waals surface area contributed by atoms with Crippen LogP contribution >= 0.6 is 0 Å². The van der Waals surface area contributed by atoms with Gasteiger partial charge >= 0.3 is 5.97 Å². The summed E-state index contributed by atoms with van der Waals surface area (Å²) >= 11 is 0. The first-order valence-electron chi connectivity index (χ1n) is 8.68. The molecule has 2 rings (SSSR count). The number of hydrogen-bond donors (Lipinski definition) is 1. The van der Waals surface area contributed by atoms with Crippen LogP contribution in [0.15, 0.2) is 48.5 Å². The number of benzene rings is 2. The van der Waals surface area contributed by atoms with Crippen molar-refractivity contribution in [3.63, 3.8) is 0 Å². The molecule has 2 aromatic carbocycles. The Morgan fingerprint density at radius 1 is 1.11 bits per heavy atom. The summed E-state index contributed by atoms with van der Waals surface area (Å²) < 4.78 is 5.18. The summed E-state index contributed by atoms with van der Waals surface area (Å²) in [5.41, 5.74) is 1.72. The maximum Gasteiger partial charge on any atom is 0.338 e. The van der Waals surface area contributed by atoms with Crippen molar-refractivity contribution in [1.29, 1.82) is 0 Å². The zero-order valence-electron chi connectivity index (χ0n) is 15.5. The normalized spacial score (nSPS) is 12.7. The van der Waals surface area contributed by atoms with Gasteiger partial charge < -0.3 is 10.1 Å². The number of nitrogens with zero attached hydrogens (tertiary/aromatic N) is 1. The van der Waals surface area contributed by atoms with E-state index in [1.807, 2.05) is 24.3 Å². The van der Waals surface area contributed by atoms with Crippen LogP contribution in [-0.4, -0.2) is 22.9 Å². The molecule has 2 atom stereocenters. The summed E-state index contributed by atoms with van der Waals surface area (Å²) in [4.78, 5) is 34.7. The fraction of sp³-hybridized carbons (Fsp3) is 0.300. The first-order chi connectivity index (χ1) is 12.8. The number of anilines is 1. The van der Waals surface area contributed by atoms with E-state index in [0.717, 1.165) is 12.0 Å². The Morgan fingerprint density at radius 3 is 2.33 bits per heavy atom. The van der Waals surface area contributed by atoms with Gasteiger partial charge in [0.15, 0.2) is 6.10 Å². The van der Waals surface area contributed by atoms with Gasteiger partial charge in [-0.25, -0.2) is 4.79 Å². The molecule has 0 saturated heterocycles. The molecule has 0 saturated carbocycles. The predicted octanol–water partition coefficient (Wildman–Crippen LogP) is 4.29. The minimum Gasteiger partial charge on any atom is -0.449 e. The lowest BCUT2D eigenvalue weighted by molar-refractivity contribution is -0.384. The molecule has 0 heterocycles. The molecule has 0 aliphatic heterocycles. The third-order valence-electron chi connectivity index (χ3n) is 4.33. The van der Waals surface area contributed by atoms with Gasteiger partial charge in [-0.2, -0.15) is 0 Å². The second-order valence-corrected chi connectivity index (χ2v) is 6.24. The van der Waals surface area contributed by atoms with Gasteiger partial charge in [-0.3, -0.25) is 14.9 Å². The molecule has 1 amide bonds. The second kappa shape index (κ2) is 8.93. The number of carbonyl (C=O) groups excluding carboxylic acids is 2. The van der Waals surface area contributed by atoms with E-state index in [-0.39, 0.29) is 17.2 Å². The summed E-state index contributed by atoms with van der Waals surface area (Å²) in [6.45, 7) is 5.62. The van der Waals surface area contributed by atoms with Gasteiger partial charge in [0, 0.05) is 17.8 Å². The standard InChI is InChI=1S/C20H22N2O5/c1-4-13(2)17-7-5-6-8-18(17)21-19(23)14(3)27-20(24)15-9-11-16(12-10-15)22(25)26/h5-14H,4H2,1-3H3,(H,21,23)/t13-,14-/m0/s1. The molecule has 0 bridgehead atoms. The molecule has 2 aromatic rings. The Morgan fingerprint density at radius 2 is 1.74 bits per heavy atom. The highest BCUT2D eigenvalue weighted by Crippen LogP contribution is 2.26. The van der Waals surface area contributed by atoms with Crippen LogP contribution in [0.25, 0.3) is 0 Å². The number of carbonyl (C=O) groups is 2. The quantitative estimate of drug-likeness (QED) is 0.445. The molecule has 0 fully saturated rings. The molecule has 27 heavy (non-hydrogen) atoms. The van der Waals surface area contributed by atoms with Crippen molar-refractivity contribution in [3.05, 3.63) is 69.8 Å². The highest BCUT2D eigenvalue weighted by Gasteiger charge is 2.21. The van der Waals surface area contributed by atoms with Gasteiger partial charge in [0.25, 0.3) is 11.6 Å². The lowest BCUT2D eigenvalue weighted by Gasteiger charge is -2.18. The van der Waals surface area contributed by atoms with Crippen molar-refractivity contribution < 1.29 is 19.2 Å². The number of nitrogens with one attached hydrogen (secondary N) is 1. The first kappa shape index (κ1) is 20.1. The fourth-order valence-electron chi connectivity index (χ4n) is 2.50. The minimum absolute atomic E-state index is 0.126. The number of hydrogen-bond acceptors (Lipinski definition) is 5. The van der Waals surface area contributed by atoms with Crippen molar-refractivity contribution in [2.45, 2.75) is 39.2 Å². The molecule has 7 heteroatoms. The highest BCUT2D eigenvalue weighted by molar-refractivity contribution is 5.97. The van der Waals surface area contributed by atoms with Crippen LogP contribution in [0, 0.1) is 10.1 Å². The van der Waals surface area contributed by atoms with Gasteiger partial charge in [0.2, 0.25) is 0 Å². The van der Waals surface area contributed by atoms with E-state index in [2.05, 4.69) is 19.2 Å². The van der Waals surface area contributed by atoms with E-state index in [9.17, 15) is 19.7 Å². The van der Waals surface area contributed by atoms with Crippen molar-refractivity contribution >= 4 is 23.3 Å². The summed E-state index contributed by atoms with van der Waals surface area (Å²) in [5.74, 6) is -0.886. The second-order valence-electron chi connectivity index (χ2n) is 6.24. The zero-order valence-corrected chi connectivity index (χ0v) is 15.5. The molecule has 7 nitrogen and oxygen atoms in total. The van der Waals surface area contributed by atoms with Crippen LogP contribution in [0.3, 0.4) is 0 Å². The molecule has 0 spiro atoms. The predicted molar refractivity (Wildman–Crippen MR) is 102 cm³/mol. The molecule has 0 aliphatic carbocycles. The third kappa shape index (κ3) is 5.13. The third-order valence-corrected chi connectivity index (χ3v) is 4.33. The van der Waals surface area contributed by atoms with E-state index >= 15 is 0 Å². The number of esters is 1. The summed E-state index contributed by atoms with van der Waals surface area (Å²) in [7, 11) is 0. The van der Waals surface area contributed by atoms with Crippen LogP contribution in [0.1, 0.15) is 49.0 Å². The van der Waals surface area contributed by atoms with Crippen molar-refractivity contribution in [1.82, 2.24) is 0 Å². The largest absolute Gasteiger partial charge is 0.449 e. The number of ether oxygens (including phenoxy) is 1. The molecule has 0 aromatic heterocycles. The minimum atomic E-state index is -1.02. The molecule has 142 valence electrons. The Labute approximate surface area is 157 Å².